The number of hydrogen-bond donors (Lipinski definition) is 1. The van der Waals surface area contributed by atoms with Gasteiger partial charge in [-0.25, -0.2) is 0 Å². The molecule has 19 heavy (non-hydrogen) atoms. The van der Waals surface area contributed by atoms with Crippen LogP contribution < -0.4 is 5.73 Å². The zero-order chi connectivity index (χ0) is 12.8. The molecule has 90 valence electrons. The van der Waals surface area contributed by atoms with Crippen LogP contribution >= 0.6 is 0 Å². The topological polar surface area (TPSA) is 38.9 Å². The fraction of sp³-hybridized carbons (Fsp3) is 0. The summed E-state index contributed by atoms with van der Waals surface area (Å²) in [7, 11) is 0. The molecule has 0 aliphatic heterocycles. The van der Waals surface area contributed by atoms with E-state index < -0.39 is 0 Å². The molecule has 0 aliphatic rings. The Balaban J connectivity index is 2.48. The van der Waals surface area contributed by atoms with Gasteiger partial charge in [0, 0.05) is 22.7 Å². The Hall–Kier alpha value is -2.61. The lowest BCUT2D eigenvalue weighted by Crippen LogP contribution is -1.91. The van der Waals surface area contributed by atoms with E-state index in [-0.39, 0.29) is 0 Å². The van der Waals surface area contributed by atoms with Crippen LogP contribution in [-0.4, -0.2) is 4.98 Å². The van der Waals surface area contributed by atoms with Crippen LogP contribution in [0.2, 0.25) is 0 Å². The second-order valence-electron chi connectivity index (χ2n) is 4.71. The van der Waals surface area contributed by atoms with Crippen molar-refractivity contribution in [2.24, 2.45) is 0 Å². The standard InChI is InChI=1S/C17H12N2/c18-15-9-3-7-13-11-5-1-2-6-12(11)14-8-4-10-19-17(14)16(13)15/h1-10H,18H2. The fourth-order valence-corrected chi connectivity index (χ4v) is 2.83. The van der Waals surface area contributed by atoms with Crippen LogP contribution in [0.3, 0.4) is 0 Å². The van der Waals surface area contributed by atoms with Gasteiger partial charge in [-0.05, 0) is 28.3 Å². The van der Waals surface area contributed by atoms with Gasteiger partial charge in [-0.15, -0.1) is 0 Å². The van der Waals surface area contributed by atoms with Crippen LogP contribution in [-0.2, 0) is 0 Å². The molecule has 0 saturated heterocycles. The quantitative estimate of drug-likeness (QED) is 0.373. The number of rotatable bonds is 0. The SMILES string of the molecule is Nc1cccc2c3ccccc3c3cccnc3c12. The summed E-state index contributed by atoms with van der Waals surface area (Å²) >= 11 is 0. The molecule has 0 radical (unpaired) electrons. The summed E-state index contributed by atoms with van der Waals surface area (Å²) in [6.07, 6.45) is 1.82. The van der Waals surface area contributed by atoms with Gasteiger partial charge < -0.3 is 5.73 Å². The normalized spacial score (nSPS) is 11.4. The van der Waals surface area contributed by atoms with Crippen molar-refractivity contribution in [3.8, 4) is 0 Å². The third-order valence-electron chi connectivity index (χ3n) is 3.65. The molecule has 0 atom stereocenters. The van der Waals surface area contributed by atoms with E-state index >= 15 is 0 Å². The molecule has 1 heterocycles. The summed E-state index contributed by atoms with van der Waals surface area (Å²) in [5, 5.41) is 5.83. The van der Waals surface area contributed by atoms with Gasteiger partial charge in [0.05, 0.1) is 5.52 Å². The minimum absolute atomic E-state index is 0.784. The second kappa shape index (κ2) is 3.69. The summed E-state index contributed by atoms with van der Waals surface area (Å²) in [6.45, 7) is 0. The second-order valence-corrected chi connectivity index (χ2v) is 4.71. The van der Waals surface area contributed by atoms with Crippen molar-refractivity contribution in [2.45, 2.75) is 0 Å². The highest BCUT2D eigenvalue weighted by Gasteiger charge is 2.10. The van der Waals surface area contributed by atoms with Crippen LogP contribution in [0.25, 0.3) is 32.4 Å². The van der Waals surface area contributed by atoms with E-state index in [0.717, 1.165) is 22.0 Å². The van der Waals surface area contributed by atoms with E-state index in [1.54, 1.807) is 0 Å². The van der Waals surface area contributed by atoms with Crippen molar-refractivity contribution in [1.82, 2.24) is 4.98 Å². The molecule has 4 rings (SSSR count). The molecule has 0 fully saturated rings. The van der Waals surface area contributed by atoms with Crippen LogP contribution in [0, 0.1) is 0 Å². The lowest BCUT2D eigenvalue weighted by Gasteiger charge is -2.10. The Kier molecular flexibility index (Phi) is 2.00. The van der Waals surface area contributed by atoms with Gasteiger partial charge >= 0.3 is 0 Å². The van der Waals surface area contributed by atoms with Gasteiger partial charge in [0.1, 0.15) is 0 Å². The Bertz CT molecular complexity index is 881. The Morgan fingerprint density at radius 3 is 2.21 bits per heavy atom. The van der Waals surface area contributed by atoms with E-state index in [2.05, 4.69) is 41.4 Å². The molecular formula is C17H12N2. The lowest BCUT2D eigenvalue weighted by molar-refractivity contribution is 1.43. The molecule has 3 aromatic carbocycles. The van der Waals surface area contributed by atoms with Crippen molar-refractivity contribution in [1.29, 1.82) is 0 Å². The van der Waals surface area contributed by atoms with Gasteiger partial charge in [0.25, 0.3) is 0 Å². The first kappa shape index (κ1) is 10.3. The largest absolute Gasteiger partial charge is 0.398 e. The number of aromatic nitrogens is 1. The molecular weight excluding hydrogens is 232 g/mol. The molecule has 0 saturated carbocycles. The van der Waals surface area contributed by atoms with Crippen molar-refractivity contribution in [2.75, 3.05) is 5.73 Å². The van der Waals surface area contributed by atoms with Gasteiger partial charge in [0.2, 0.25) is 0 Å². The first-order chi connectivity index (χ1) is 9.36. The average Bonchev–Trinajstić information content (AvgIpc) is 2.47. The van der Waals surface area contributed by atoms with E-state index in [9.17, 15) is 0 Å². The molecule has 0 aliphatic carbocycles. The van der Waals surface area contributed by atoms with Crippen molar-refractivity contribution in [3.05, 3.63) is 60.8 Å². The van der Waals surface area contributed by atoms with Crippen LogP contribution in [0.4, 0.5) is 5.69 Å². The monoisotopic (exact) mass is 244 g/mol. The lowest BCUT2D eigenvalue weighted by atomic mass is 9.96. The zero-order valence-electron chi connectivity index (χ0n) is 10.3. The van der Waals surface area contributed by atoms with E-state index in [1.807, 2.05) is 24.4 Å². The third kappa shape index (κ3) is 1.34. The van der Waals surface area contributed by atoms with Crippen LogP contribution in [0.1, 0.15) is 0 Å². The van der Waals surface area contributed by atoms with E-state index in [0.29, 0.717) is 0 Å². The van der Waals surface area contributed by atoms with Crippen molar-refractivity contribution >= 4 is 38.1 Å². The highest BCUT2D eigenvalue weighted by molar-refractivity contribution is 6.26. The average molecular weight is 244 g/mol. The Morgan fingerprint density at radius 1 is 0.684 bits per heavy atom. The van der Waals surface area contributed by atoms with Gasteiger partial charge in [0.15, 0.2) is 0 Å². The molecule has 2 nitrogen and oxygen atoms in total. The van der Waals surface area contributed by atoms with E-state index in [4.69, 9.17) is 5.73 Å². The highest BCUT2D eigenvalue weighted by atomic mass is 14.7. The number of nitrogens with two attached hydrogens (primary N) is 1. The molecule has 0 amide bonds. The molecule has 0 spiro atoms. The van der Waals surface area contributed by atoms with Gasteiger partial charge in [-0.2, -0.15) is 0 Å². The summed E-state index contributed by atoms with van der Waals surface area (Å²) in [4.78, 5) is 4.54. The number of fused-ring (bicyclic) bond motifs is 6. The molecule has 0 bridgehead atoms. The number of anilines is 1. The zero-order valence-corrected chi connectivity index (χ0v) is 10.3. The van der Waals surface area contributed by atoms with Crippen molar-refractivity contribution < 1.29 is 0 Å². The maximum Gasteiger partial charge on any atom is 0.0807 e. The molecule has 2 N–H and O–H groups in total. The van der Waals surface area contributed by atoms with Gasteiger partial charge in [-0.1, -0.05) is 42.5 Å². The molecule has 4 aromatic rings. The Morgan fingerprint density at radius 2 is 1.37 bits per heavy atom. The van der Waals surface area contributed by atoms with Crippen LogP contribution in [0.5, 0.6) is 0 Å². The Labute approximate surface area is 110 Å². The fourth-order valence-electron chi connectivity index (χ4n) is 2.83. The van der Waals surface area contributed by atoms with Gasteiger partial charge in [-0.3, -0.25) is 4.98 Å². The van der Waals surface area contributed by atoms with E-state index in [1.165, 1.54) is 16.2 Å². The number of nitrogen functional groups attached to an aromatic ring is 1. The third-order valence-corrected chi connectivity index (χ3v) is 3.65. The van der Waals surface area contributed by atoms with Crippen molar-refractivity contribution in [3.63, 3.8) is 0 Å². The minimum atomic E-state index is 0.784. The maximum absolute atomic E-state index is 6.17. The first-order valence-electron chi connectivity index (χ1n) is 6.30. The number of hydrogen-bond acceptors (Lipinski definition) is 2. The smallest absolute Gasteiger partial charge is 0.0807 e. The summed E-state index contributed by atoms with van der Waals surface area (Å²) in [5.74, 6) is 0. The first-order valence-corrected chi connectivity index (χ1v) is 6.30. The predicted octanol–water partition coefficient (Wildman–Crippen LogP) is 4.12. The summed E-state index contributed by atoms with van der Waals surface area (Å²) in [5.41, 5.74) is 7.94. The maximum atomic E-state index is 6.17. The molecule has 2 heteroatoms. The predicted molar refractivity (Wildman–Crippen MR) is 81.2 cm³/mol. The highest BCUT2D eigenvalue weighted by Crippen LogP contribution is 2.36. The molecule has 1 aromatic heterocycles. The van der Waals surface area contributed by atoms with Crippen LogP contribution in [0.15, 0.2) is 60.8 Å². The molecule has 0 unspecified atom stereocenters. The number of benzene rings is 3. The summed E-state index contributed by atoms with van der Waals surface area (Å²) < 4.78 is 0. The summed E-state index contributed by atoms with van der Waals surface area (Å²) in [6, 6.07) is 18.5. The number of pyridine rings is 1. The minimum Gasteiger partial charge on any atom is -0.398 e. The number of nitrogens with zero attached hydrogens (tertiary/aromatic N) is 1.